The van der Waals surface area contributed by atoms with Crippen molar-refractivity contribution in [2.45, 2.75) is 33.3 Å². The predicted octanol–water partition coefficient (Wildman–Crippen LogP) is 3.96. The van der Waals surface area contributed by atoms with Crippen molar-refractivity contribution in [1.82, 2.24) is 4.90 Å². The van der Waals surface area contributed by atoms with Crippen LogP contribution in [0, 0.1) is 5.92 Å². The summed E-state index contributed by atoms with van der Waals surface area (Å²) in [6.07, 6.45) is 1.95. The predicted molar refractivity (Wildman–Crippen MR) is 81.4 cm³/mol. The van der Waals surface area contributed by atoms with Gasteiger partial charge in [-0.3, -0.25) is 0 Å². The van der Waals surface area contributed by atoms with E-state index in [1.807, 2.05) is 39.0 Å². The molecule has 1 amide bonds. The second kappa shape index (κ2) is 5.70. The fourth-order valence-electron chi connectivity index (χ4n) is 2.31. The molecule has 1 atom stereocenters. The third-order valence-electron chi connectivity index (χ3n) is 3.30. The summed E-state index contributed by atoms with van der Waals surface area (Å²) in [7, 11) is 0. The summed E-state index contributed by atoms with van der Waals surface area (Å²) >= 11 is 0. The van der Waals surface area contributed by atoms with E-state index in [1.165, 1.54) is 11.1 Å². The van der Waals surface area contributed by atoms with Crippen molar-refractivity contribution in [3.05, 3.63) is 41.5 Å². The molecule has 2 rings (SSSR count). The van der Waals surface area contributed by atoms with Gasteiger partial charge in [0.1, 0.15) is 5.60 Å². The Morgan fingerprint density at radius 1 is 1.30 bits per heavy atom. The SMILES string of the molecule is CC1CN(C(=O)OC(C)(C)C)C/C1=C\c1ccccc1. The molecule has 3 nitrogen and oxygen atoms in total. The molecule has 0 aromatic heterocycles. The van der Waals surface area contributed by atoms with Gasteiger partial charge in [0.2, 0.25) is 0 Å². The van der Waals surface area contributed by atoms with Gasteiger partial charge in [-0.1, -0.05) is 43.3 Å². The standard InChI is InChI=1S/C17H23NO2/c1-13-11-18(16(19)20-17(2,3)4)12-15(13)10-14-8-6-5-7-9-14/h5-10,13H,11-12H2,1-4H3/b15-10+. The van der Waals surface area contributed by atoms with Crippen LogP contribution in [0.4, 0.5) is 4.79 Å². The molecule has 1 saturated heterocycles. The second-order valence-electron chi connectivity index (χ2n) is 6.39. The van der Waals surface area contributed by atoms with Gasteiger partial charge in [0.15, 0.2) is 0 Å². The number of benzene rings is 1. The Hall–Kier alpha value is -1.77. The van der Waals surface area contributed by atoms with E-state index in [4.69, 9.17) is 4.74 Å². The van der Waals surface area contributed by atoms with Gasteiger partial charge in [-0.25, -0.2) is 4.79 Å². The molecular weight excluding hydrogens is 250 g/mol. The molecule has 0 aliphatic carbocycles. The minimum absolute atomic E-state index is 0.221. The molecule has 1 fully saturated rings. The summed E-state index contributed by atoms with van der Waals surface area (Å²) in [4.78, 5) is 13.9. The first-order valence-corrected chi connectivity index (χ1v) is 7.08. The number of likely N-dealkylation sites (tertiary alicyclic amines) is 1. The Kier molecular flexibility index (Phi) is 4.17. The quantitative estimate of drug-likeness (QED) is 0.775. The summed E-state index contributed by atoms with van der Waals surface area (Å²) in [5.74, 6) is 0.378. The van der Waals surface area contributed by atoms with E-state index in [2.05, 4.69) is 25.1 Å². The molecule has 0 N–H and O–H groups in total. The first kappa shape index (κ1) is 14.6. The van der Waals surface area contributed by atoms with Crippen LogP contribution < -0.4 is 0 Å². The van der Waals surface area contributed by atoms with E-state index in [9.17, 15) is 4.79 Å². The topological polar surface area (TPSA) is 29.5 Å². The lowest BCUT2D eigenvalue weighted by Gasteiger charge is -2.24. The average Bonchev–Trinajstić information content (AvgIpc) is 2.70. The zero-order valence-electron chi connectivity index (χ0n) is 12.7. The van der Waals surface area contributed by atoms with Gasteiger partial charge in [-0.2, -0.15) is 0 Å². The third-order valence-corrected chi connectivity index (χ3v) is 3.30. The summed E-state index contributed by atoms with van der Waals surface area (Å²) < 4.78 is 5.43. The van der Waals surface area contributed by atoms with Crippen LogP contribution in [0.3, 0.4) is 0 Å². The highest BCUT2D eigenvalue weighted by atomic mass is 16.6. The summed E-state index contributed by atoms with van der Waals surface area (Å²) in [6.45, 7) is 9.22. The number of hydrogen-bond donors (Lipinski definition) is 0. The third kappa shape index (κ3) is 3.86. The smallest absolute Gasteiger partial charge is 0.410 e. The Labute approximate surface area is 121 Å². The Bertz CT molecular complexity index is 499. The normalized spacial score (nSPS) is 21.3. The van der Waals surface area contributed by atoms with Crippen molar-refractivity contribution in [1.29, 1.82) is 0 Å². The zero-order chi connectivity index (χ0) is 14.8. The first-order chi connectivity index (χ1) is 9.35. The average molecular weight is 273 g/mol. The number of carbonyl (C=O) groups is 1. The minimum Gasteiger partial charge on any atom is -0.444 e. The molecule has 108 valence electrons. The molecule has 1 aliphatic rings. The van der Waals surface area contributed by atoms with Crippen molar-refractivity contribution < 1.29 is 9.53 Å². The fourth-order valence-corrected chi connectivity index (χ4v) is 2.31. The lowest BCUT2D eigenvalue weighted by atomic mass is 10.0. The Morgan fingerprint density at radius 2 is 1.95 bits per heavy atom. The van der Waals surface area contributed by atoms with Gasteiger partial charge >= 0.3 is 6.09 Å². The largest absolute Gasteiger partial charge is 0.444 e. The van der Waals surface area contributed by atoms with Crippen molar-refractivity contribution in [2.24, 2.45) is 5.92 Å². The van der Waals surface area contributed by atoms with E-state index >= 15 is 0 Å². The van der Waals surface area contributed by atoms with E-state index in [1.54, 1.807) is 4.90 Å². The molecule has 0 saturated carbocycles. The number of nitrogens with zero attached hydrogens (tertiary/aromatic N) is 1. The second-order valence-corrected chi connectivity index (χ2v) is 6.39. The maximum atomic E-state index is 12.1. The van der Waals surface area contributed by atoms with E-state index in [-0.39, 0.29) is 6.09 Å². The number of hydrogen-bond acceptors (Lipinski definition) is 2. The van der Waals surface area contributed by atoms with Crippen molar-refractivity contribution >= 4 is 12.2 Å². The molecule has 1 aromatic rings. The maximum Gasteiger partial charge on any atom is 0.410 e. The highest BCUT2D eigenvalue weighted by molar-refractivity contribution is 5.70. The lowest BCUT2D eigenvalue weighted by molar-refractivity contribution is 0.0292. The van der Waals surface area contributed by atoms with Crippen molar-refractivity contribution in [3.63, 3.8) is 0 Å². The summed E-state index contributed by atoms with van der Waals surface area (Å²) in [5.41, 5.74) is 2.02. The minimum atomic E-state index is -0.438. The number of ether oxygens (including phenoxy) is 1. The van der Waals surface area contributed by atoms with Crippen LogP contribution in [0.2, 0.25) is 0 Å². The highest BCUT2D eigenvalue weighted by Gasteiger charge is 2.30. The Balaban J connectivity index is 2.06. The molecule has 1 unspecified atom stereocenters. The van der Waals surface area contributed by atoms with Crippen LogP contribution in [-0.4, -0.2) is 29.7 Å². The van der Waals surface area contributed by atoms with Crippen LogP contribution >= 0.6 is 0 Å². The van der Waals surface area contributed by atoms with E-state index in [0.717, 1.165) is 6.54 Å². The van der Waals surface area contributed by atoms with Gasteiger partial charge in [0.05, 0.1) is 0 Å². The number of amides is 1. The lowest BCUT2D eigenvalue weighted by Crippen LogP contribution is -2.35. The molecule has 1 heterocycles. The molecule has 0 radical (unpaired) electrons. The van der Waals surface area contributed by atoms with Crippen LogP contribution in [0.15, 0.2) is 35.9 Å². The highest BCUT2D eigenvalue weighted by Crippen LogP contribution is 2.25. The van der Waals surface area contributed by atoms with Gasteiger partial charge in [0, 0.05) is 13.1 Å². The Morgan fingerprint density at radius 3 is 2.55 bits per heavy atom. The molecular formula is C17H23NO2. The van der Waals surface area contributed by atoms with Gasteiger partial charge in [-0.05, 0) is 37.8 Å². The van der Waals surface area contributed by atoms with Crippen molar-refractivity contribution in [2.75, 3.05) is 13.1 Å². The molecule has 0 bridgehead atoms. The number of rotatable bonds is 1. The van der Waals surface area contributed by atoms with Crippen LogP contribution in [0.25, 0.3) is 6.08 Å². The summed E-state index contributed by atoms with van der Waals surface area (Å²) in [6, 6.07) is 10.2. The van der Waals surface area contributed by atoms with E-state index in [0.29, 0.717) is 12.5 Å². The first-order valence-electron chi connectivity index (χ1n) is 7.08. The van der Waals surface area contributed by atoms with Gasteiger partial charge < -0.3 is 9.64 Å². The molecule has 20 heavy (non-hydrogen) atoms. The van der Waals surface area contributed by atoms with Crippen LogP contribution in [0.1, 0.15) is 33.3 Å². The molecule has 1 aromatic carbocycles. The van der Waals surface area contributed by atoms with Crippen LogP contribution in [0.5, 0.6) is 0 Å². The zero-order valence-corrected chi connectivity index (χ0v) is 12.7. The van der Waals surface area contributed by atoms with Crippen molar-refractivity contribution in [3.8, 4) is 0 Å². The van der Waals surface area contributed by atoms with Gasteiger partial charge in [-0.15, -0.1) is 0 Å². The van der Waals surface area contributed by atoms with Gasteiger partial charge in [0.25, 0.3) is 0 Å². The molecule has 3 heteroatoms. The summed E-state index contributed by atoms with van der Waals surface area (Å²) in [5, 5.41) is 0. The molecule has 1 aliphatic heterocycles. The monoisotopic (exact) mass is 273 g/mol. The van der Waals surface area contributed by atoms with E-state index < -0.39 is 5.60 Å². The van der Waals surface area contributed by atoms with Crippen LogP contribution in [-0.2, 0) is 4.74 Å². The molecule has 0 spiro atoms. The number of carbonyl (C=O) groups excluding carboxylic acids is 1. The fraction of sp³-hybridized carbons (Fsp3) is 0.471. The maximum absolute atomic E-state index is 12.1.